The van der Waals surface area contributed by atoms with Gasteiger partial charge in [-0.2, -0.15) is 0 Å². The van der Waals surface area contributed by atoms with Gasteiger partial charge in [-0.1, -0.05) is 0 Å². The summed E-state index contributed by atoms with van der Waals surface area (Å²) in [6.45, 7) is 3.67. The Bertz CT molecular complexity index is 447. The van der Waals surface area contributed by atoms with Crippen molar-refractivity contribution in [1.82, 2.24) is 10.2 Å². The molecule has 19 heavy (non-hydrogen) atoms. The first-order chi connectivity index (χ1) is 8.59. The number of halogens is 2. The van der Waals surface area contributed by atoms with Crippen molar-refractivity contribution in [2.45, 2.75) is 25.8 Å². The van der Waals surface area contributed by atoms with E-state index < -0.39 is 0 Å². The molecule has 0 atom stereocenters. The van der Waals surface area contributed by atoms with Crippen LogP contribution in [-0.4, -0.2) is 37.0 Å². The second-order valence-electron chi connectivity index (χ2n) is 4.86. The van der Waals surface area contributed by atoms with Crippen LogP contribution in [0.3, 0.4) is 0 Å². The van der Waals surface area contributed by atoms with Crippen molar-refractivity contribution in [3.8, 4) is 0 Å². The Morgan fingerprint density at radius 1 is 1.37 bits per heavy atom. The summed E-state index contributed by atoms with van der Waals surface area (Å²) >= 11 is 0. The third kappa shape index (κ3) is 3.67. The molecule has 1 aliphatic rings. The molecule has 0 aliphatic carbocycles. The summed E-state index contributed by atoms with van der Waals surface area (Å²) in [6, 6.07) is 4.60. The average molecular weight is 287 g/mol. The second kappa shape index (κ2) is 6.87. The predicted molar refractivity (Wildman–Crippen MR) is 76.4 cm³/mol. The van der Waals surface area contributed by atoms with Gasteiger partial charge < -0.3 is 10.2 Å². The molecule has 1 saturated heterocycles. The molecule has 1 aromatic rings. The van der Waals surface area contributed by atoms with Gasteiger partial charge in [0.05, 0.1) is 0 Å². The molecule has 0 spiro atoms. The van der Waals surface area contributed by atoms with E-state index in [9.17, 15) is 9.18 Å². The van der Waals surface area contributed by atoms with E-state index in [1.165, 1.54) is 12.1 Å². The lowest BCUT2D eigenvalue weighted by molar-refractivity contribution is 0.0702. The second-order valence-corrected chi connectivity index (χ2v) is 4.86. The van der Waals surface area contributed by atoms with Crippen molar-refractivity contribution in [2.24, 2.45) is 0 Å². The van der Waals surface area contributed by atoms with Gasteiger partial charge in [-0.25, -0.2) is 4.39 Å². The van der Waals surface area contributed by atoms with E-state index in [-0.39, 0.29) is 30.2 Å². The molecule has 1 aromatic carbocycles. The van der Waals surface area contributed by atoms with Crippen molar-refractivity contribution >= 4 is 18.3 Å². The van der Waals surface area contributed by atoms with E-state index in [1.54, 1.807) is 17.9 Å². The number of aryl methyl sites for hydroxylation is 1. The number of amides is 1. The number of carbonyl (C=O) groups is 1. The van der Waals surface area contributed by atoms with E-state index in [0.29, 0.717) is 11.1 Å². The fraction of sp³-hybridized carbons (Fsp3) is 0.500. The van der Waals surface area contributed by atoms with Crippen molar-refractivity contribution in [1.29, 1.82) is 0 Å². The molecule has 3 nitrogen and oxygen atoms in total. The van der Waals surface area contributed by atoms with Crippen LogP contribution in [0.4, 0.5) is 4.39 Å². The third-order valence-corrected chi connectivity index (χ3v) is 3.60. The van der Waals surface area contributed by atoms with Gasteiger partial charge in [0, 0.05) is 18.7 Å². The Labute approximate surface area is 119 Å². The quantitative estimate of drug-likeness (QED) is 0.905. The van der Waals surface area contributed by atoms with Gasteiger partial charge >= 0.3 is 0 Å². The van der Waals surface area contributed by atoms with E-state index in [4.69, 9.17) is 0 Å². The van der Waals surface area contributed by atoms with Crippen LogP contribution in [0.25, 0.3) is 0 Å². The van der Waals surface area contributed by atoms with Gasteiger partial charge in [0.1, 0.15) is 5.82 Å². The summed E-state index contributed by atoms with van der Waals surface area (Å²) in [7, 11) is 1.83. The lowest BCUT2D eigenvalue weighted by Crippen LogP contribution is -2.44. The zero-order chi connectivity index (χ0) is 13.1. The first-order valence-electron chi connectivity index (χ1n) is 6.33. The van der Waals surface area contributed by atoms with Gasteiger partial charge in [-0.15, -0.1) is 12.4 Å². The first kappa shape index (κ1) is 15.9. The lowest BCUT2D eigenvalue weighted by atomic mass is 10.0. The number of piperidine rings is 1. The molecule has 1 amide bonds. The highest BCUT2D eigenvalue weighted by molar-refractivity contribution is 5.95. The van der Waals surface area contributed by atoms with Gasteiger partial charge in [0.2, 0.25) is 0 Å². The molecule has 1 N–H and O–H groups in total. The van der Waals surface area contributed by atoms with Crippen molar-refractivity contribution in [3.05, 3.63) is 35.1 Å². The molecule has 2 rings (SSSR count). The van der Waals surface area contributed by atoms with Crippen LogP contribution in [0, 0.1) is 12.7 Å². The van der Waals surface area contributed by atoms with Crippen LogP contribution in [-0.2, 0) is 0 Å². The van der Waals surface area contributed by atoms with Gasteiger partial charge in [0.25, 0.3) is 5.91 Å². The standard InChI is InChI=1S/C14H19FN2O.ClH/c1-10-9-11(15)3-4-13(10)14(18)17(2)12-5-7-16-8-6-12;/h3-4,9,12,16H,5-8H2,1-2H3;1H. The molecule has 1 fully saturated rings. The summed E-state index contributed by atoms with van der Waals surface area (Å²) in [6.07, 6.45) is 1.95. The largest absolute Gasteiger partial charge is 0.339 e. The summed E-state index contributed by atoms with van der Waals surface area (Å²) in [5.74, 6) is -0.312. The van der Waals surface area contributed by atoms with Crippen molar-refractivity contribution < 1.29 is 9.18 Å². The maximum absolute atomic E-state index is 13.0. The minimum atomic E-state index is -0.298. The molecule has 5 heteroatoms. The van der Waals surface area contributed by atoms with Gasteiger partial charge in [0.15, 0.2) is 0 Å². The maximum atomic E-state index is 13.0. The minimum Gasteiger partial charge on any atom is -0.339 e. The number of carbonyl (C=O) groups excluding carboxylic acids is 1. The highest BCUT2D eigenvalue weighted by atomic mass is 35.5. The number of nitrogens with zero attached hydrogens (tertiary/aromatic N) is 1. The Morgan fingerprint density at radius 2 is 2.00 bits per heavy atom. The predicted octanol–water partition coefficient (Wildman–Crippen LogP) is 2.38. The SMILES string of the molecule is Cc1cc(F)ccc1C(=O)N(C)C1CCNCC1.Cl. The summed E-state index contributed by atoms with van der Waals surface area (Å²) in [4.78, 5) is 14.2. The van der Waals surface area contributed by atoms with E-state index >= 15 is 0 Å². The molecule has 0 unspecified atom stereocenters. The molecular formula is C14H20ClFN2O. The molecule has 0 aromatic heterocycles. The number of nitrogens with one attached hydrogen (secondary N) is 1. The normalized spacial score (nSPS) is 15.7. The number of rotatable bonds is 2. The van der Waals surface area contributed by atoms with Crippen molar-refractivity contribution in [3.63, 3.8) is 0 Å². The fourth-order valence-corrected chi connectivity index (χ4v) is 2.42. The smallest absolute Gasteiger partial charge is 0.254 e. The zero-order valence-corrected chi connectivity index (χ0v) is 12.1. The van der Waals surface area contributed by atoms with E-state index in [1.807, 2.05) is 7.05 Å². The van der Waals surface area contributed by atoms with Crippen molar-refractivity contribution in [2.75, 3.05) is 20.1 Å². The Morgan fingerprint density at radius 3 is 2.58 bits per heavy atom. The zero-order valence-electron chi connectivity index (χ0n) is 11.3. The van der Waals surface area contributed by atoms with Crippen LogP contribution in [0.15, 0.2) is 18.2 Å². The van der Waals surface area contributed by atoms with Crippen LogP contribution >= 0.6 is 12.4 Å². The van der Waals surface area contributed by atoms with Crippen LogP contribution in [0.2, 0.25) is 0 Å². The van der Waals surface area contributed by atoms with Crippen LogP contribution < -0.4 is 5.32 Å². The third-order valence-electron chi connectivity index (χ3n) is 3.60. The number of hydrogen-bond donors (Lipinski definition) is 1. The minimum absolute atomic E-state index is 0. The molecular weight excluding hydrogens is 267 g/mol. The van der Waals surface area contributed by atoms with Crippen LogP contribution in [0.5, 0.6) is 0 Å². The average Bonchev–Trinajstić information content (AvgIpc) is 2.38. The Kier molecular flexibility index (Phi) is 5.76. The maximum Gasteiger partial charge on any atom is 0.254 e. The Hall–Kier alpha value is -1.13. The summed E-state index contributed by atoms with van der Waals surface area (Å²) < 4.78 is 13.0. The summed E-state index contributed by atoms with van der Waals surface area (Å²) in [5.41, 5.74) is 1.29. The molecule has 106 valence electrons. The van der Waals surface area contributed by atoms with Crippen LogP contribution in [0.1, 0.15) is 28.8 Å². The monoisotopic (exact) mass is 286 g/mol. The van der Waals surface area contributed by atoms with Gasteiger partial charge in [-0.3, -0.25) is 4.79 Å². The lowest BCUT2D eigenvalue weighted by Gasteiger charge is -2.32. The molecule has 0 radical (unpaired) electrons. The van der Waals surface area contributed by atoms with Gasteiger partial charge in [-0.05, 0) is 56.6 Å². The first-order valence-corrected chi connectivity index (χ1v) is 6.33. The number of benzene rings is 1. The Balaban J connectivity index is 0.00000180. The molecule has 1 heterocycles. The topological polar surface area (TPSA) is 32.3 Å². The van der Waals surface area contributed by atoms with E-state index in [2.05, 4.69) is 5.32 Å². The molecule has 1 aliphatic heterocycles. The van der Waals surface area contributed by atoms with E-state index in [0.717, 1.165) is 25.9 Å². The number of hydrogen-bond acceptors (Lipinski definition) is 2. The highest BCUT2D eigenvalue weighted by Gasteiger charge is 2.23. The highest BCUT2D eigenvalue weighted by Crippen LogP contribution is 2.17. The fourth-order valence-electron chi connectivity index (χ4n) is 2.42. The molecule has 0 bridgehead atoms. The summed E-state index contributed by atoms with van der Waals surface area (Å²) in [5, 5.41) is 3.28. The molecule has 0 saturated carbocycles.